The fraction of sp³-hybridized carbons (Fsp3) is 0.952. The Kier molecular flexibility index (Phi) is 12.1. The molecule has 176 valence electrons. The first kappa shape index (κ1) is 25.5. The monoisotopic (exact) mass is 434 g/mol. The zero-order valence-electron chi connectivity index (χ0n) is 18.3. The molecule has 0 aromatic carbocycles. The fourth-order valence-electron chi connectivity index (χ4n) is 3.78. The third kappa shape index (κ3) is 9.55. The van der Waals surface area contributed by atoms with Crippen molar-refractivity contribution in [2.24, 2.45) is 0 Å². The molecule has 9 nitrogen and oxygen atoms in total. The molecule has 0 amide bonds. The summed E-state index contributed by atoms with van der Waals surface area (Å²) in [6, 6.07) is 0. The van der Waals surface area contributed by atoms with Crippen molar-refractivity contribution in [2.45, 2.75) is 76.2 Å². The number of rotatable bonds is 15. The van der Waals surface area contributed by atoms with Gasteiger partial charge in [0.2, 0.25) is 0 Å². The van der Waals surface area contributed by atoms with Crippen LogP contribution in [0.25, 0.3) is 0 Å². The van der Waals surface area contributed by atoms with Crippen LogP contribution in [0.2, 0.25) is 0 Å². The van der Waals surface area contributed by atoms with Crippen LogP contribution in [0.3, 0.4) is 0 Å². The Morgan fingerprint density at radius 3 is 2.70 bits per heavy atom. The van der Waals surface area contributed by atoms with Crippen molar-refractivity contribution in [3.63, 3.8) is 0 Å². The van der Waals surface area contributed by atoms with Crippen LogP contribution in [0.4, 0.5) is 0 Å². The highest BCUT2D eigenvalue weighted by atomic mass is 16.7. The van der Waals surface area contributed by atoms with Gasteiger partial charge >= 0.3 is 5.97 Å². The summed E-state index contributed by atoms with van der Waals surface area (Å²) >= 11 is 0. The van der Waals surface area contributed by atoms with Gasteiger partial charge in [0, 0.05) is 33.0 Å². The molecule has 0 aromatic heterocycles. The van der Waals surface area contributed by atoms with Crippen LogP contribution in [-0.2, 0) is 38.0 Å². The van der Waals surface area contributed by atoms with Crippen molar-refractivity contribution in [2.75, 3.05) is 53.4 Å². The molecule has 0 aromatic rings. The van der Waals surface area contributed by atoms with Crippen molar-refractivity contribution in [3.8, 4) is 0 Å². The average molecular weight is 435 g/mol. The van der Waals surface area contributed by atoms with Crippen molar-refractivity contribution < 1.29 is 43.1 Å². The van der Waals surface area contributed by atoms with Gasteiger partial charge in [-0.3, -0.25) is 0 Å². The quantitative estimate of drug-likeness (QED) is 0.235. The Morgan fingerprint density at radius 1 is 1.17 bits per heavy atom. The van der Waals surface area contributed by atoms with E-state index in [1.54, 1.807) is 14.0 Å². The van der Waals surface area contributed by atoms with Gasteiger partial charge in [-0.05, 0) is 26.2 Å². The van der Waals surface area contributed by atoms with Gasteiger partial charge in [0.25, 0.3) is 0 Å². The standard InChI is InChI=1S/C21H38O9/c1-17(26-12-13-27-20(23)16-25-11-10-24-2)29-18(6-9-22)14-19-15-28-21(30-19)7-4-3-5-8-21/h17-19,22H,3-16H2,1-2H3/t17?,18-,19-/m1/s1. The molecule has 1 N–H and O–H groups in total. The Labute approximate surface area is 179 Å². The molecular formula is C21H38O9. The highest BCUT2D eigenvalue weighted by Crippen LogP contribution is 2.38. The second kappa shape index (κ2) is 14.3. The lowest BCUT2D eigenvalue weighted by Gasteiger charge is -2.32. The van der Waals surface area contributed by atoms with Crippen LogP contribution in [0, 0.1) is 0 Å². The molecule has 1 saturated carbocycles. The van der Waals surface area contributed by atoms with Crippen LogP contribution < -0.4 is 0 Å². The SMILES string of the molecule is COCCOCC(=O)OCCOC(C)O[C@H](CCO)C[C@@H]1COC2(CCCCC2)O1. The van der Waals surface area contributed by atoms with Gasteiger partial charge in [-0.2, -0.15) is 0 Å². The lowest BCUT2D eigenvalue weighted by Crippen LogP contribution is -2.34. The molecule has 0 radical (unpaired) electrons. The highest BCUT2D eigenvalue weighted by molar-refractivity contribution is 5.70. The number of aliphatic hydroxyl groups excluding tert-OH is 1. The molecule has 2 fully saturated rings. The minimum Gasteiger partial charge on any atom is -0.462 e. The molecular weight excluding hydrogens is 396 g/mol. The van der Waals surface area contributed by atoms with Crippen molar-refractivity contribution in [1.82, 2.24) is 0 Å². The molecule has 1 unspecified atom stereocenters. The summed E-state index contributed by atoms with van der Waals surface area (Å²) in [5.41, 5.74) is 0. The molecule has 30 heavy (non-hydrogen) atoms. The van der Waals surface area contributed by atoms with Gasteiger partial charge in [-0.1, -0.05) is 6.42 Å². The zero-order valence-corrected chi connectivity index (χ0v) is 18.3. The third-order valence-electron chi connectivity index (χ3n) is 5.24. The van der Waals surface area contributed by atoms with Gasteiger partial charge in [-0.25, -0.2) is 4.79 Å². The average Bonchev–Trinajstić information content (AvgIpc) is 3.11. The molecule has 9 heteroatoms. The molecule has 1 aliphatic heterocycles. The molecule has 1 heterocycles. The summed E-state index contributed by atoms with van der Waals surface area (Å²) in [4.78, 5) is 11.5. The number of carbonyl (C=O) groups excluding carboxylic acids is 1. The molecule has 2 rings (SSSR count). The minimum atomic E-state index is -0.496. The number of methoxy groups -OCH3 is 1. The largest absolute Gasteiger partial charge is 0.462 e. The molecule has 0 bridgehead atoms. The lowest BCUT2D eigenvalue weighted by atomic mass is 9.94. The van der Waals surface area contributed by atoms with E-state index in [1.807, 2.05) is 0 Å². The second-order valence-corrected chi connectivity index (χ2v) is 7.73. The van der Waals surface area contributed by atoms with Crippen LogP contribution in [-0.4, -0.2) is 88.7 Å². The number of carbonyl (C=O) groups is 1. The van der Waals surface area contributed by atoms with Gasteiger partial charge in [0.15, 0.2) is 12.1 Å². The first-order valence-corrected chi connectivity index (χ1v) is 11.0. The highest BCUT2D eigenvalue weighted by Gasteiger charge is 2.42. The van der Waals surface area contributed by atoms with E-state index >= 15 is 0 Å². The topological polar surface area (TPSA) is 102 Å². The normalized spacial score (nSPS) is 22.8. The van der Waals surface area contributed by atoms with E-state index in [9.17, 15) is 9.90 Å². The minimum absolute atomic E-state index is 0.0246. The lowest BCUT2D eigenvalue weighted by molar-refractivity contribution is -0.199. The number of esters is 1. The van der Waals surface area contributed by atoms with Crippen LogP contribution >= 0.6 is 0 Å². The second-order valence-electron chi connectivity index (χ2n) is 7.73. The van der Waals surface area contributed by atoms with E-state index in [-0.39, 0.29) is 38.6 Å². The molecule has 2 aliphatic rings. The van der Waals surface area contributed by atoms with E-state index in [0.717, 1.165) is 25.7 Å². The number of hydrogen-bond donors (Lipinski definition) is 1. The predicted octanol–water partition coefficient (Wildman–Crippen LogP) is 1.79. The van der Waals surface area contributed by atoms with Gasteiger partial charge in [0.05, 0.1) is 38.6 Å². The van der Waals surface area contributed by atoms with Gasteiger partial charge in [0.1, 0.15) is 13.2 Å². The van der Waals surface area contributed by atoms with Gasteiger partial charge < -0.3 is 38.3 Å². The van der Waals surface area contributed by atoms with Crippen molar-refractivity contribution in [1.29, 1.82) is 0 Å². The van der Waals surface area contributed by atoms with E-state index < -0.39 is 18.0 Å². The van der Waals surface area contributed by atoms with Crippen LogP contribution in [0.5, 0.6) is 0 Å². The summed E-state index contributed by atoms with van der Waals surface area (Å²) < 4.78 is 38.7. The van der Waals surface area contributed by atoms with E-state index in [2.05, 4.69) is 0 Å². The van der Waals surface area contributed by atoms with Crippen LogP contribution in [0.15, 0.2) is 0 Å². The Bertz CT molecular complexity index is 467. The first-order valence-electron chi connectivity index (χ1n) is 11.0. The number of hydrogen-bond acceptors (Lipinski definition) is 9. The smallest absolute Gasteiger partial charge is 0.332 e. The summed E-state index contributed by atoms with van der Waals surface area (Å²) in [5.74, 6) is -0.858. The summed E-state index contributed by atoms with van der Waals surface area (Å²) in [6.45, 7) is 3.36. The van der Waals surface area contributed by atoms with Gasteiger partial charge in [-0.15, -0.1) is 0 Å². The number of ether oxygens (including phenoxy) is 7. The molecule has 1 spiro atoms. The third-order valence-corrected chi connectivity index (χ3v) is 5.24. The van der Waals surface area contributed by atoms with E-state index in [1.165, 1.54) is 6.42 Å². The summed E-state index contributed by atoms with van der Waals surface area (Å²) in [7, 11) is 1.56. The Hall–Kier alpha value is -0.810. The maximum absolute atomic E-state index is 11.5. The van der Waals surface area contributed by atoms with Crippen molar-refractivity contribution >= 4 is 5.97 Å². The molecule has 3 atom stereocenters. The maximum atomic E-state index is 11.5. The fourth-order valence-corrected chi connectivity index (χ4v) is 3.78. The van der Waals surface area contributed by atoms with Crippen molar-refractivity contribution in [3.05, 3.63) is 0 Å². The molecule has 1 aliphatic carbocycles. The Balaban J connectivity index is 1.60. The summed E-state index contributed by atoms with van der Waals surface area (Å²) in [5, 5.41) is 9.38. The number of aliphatic hydroxyl groups is 1. The Morgan fingerprint density at radius 2 is 1.97 bits per heavy atom. The first-order chi connectivity index (χ1) is 14.6. The summed E-state index contributed by atoms with van der Waals surface area (Å²) in [6.07, 6.45) is 5.81. The molecule has 1 saturated heterocycles. The van der Waals surface area contributed by atoms with Crippen LogP contribution in [0.1, 0.15) is 51.9 Å². The zero-order chi connectivity index (χ0) is 21.7. The van der Waals surface area contributed by atoms with E-state index in [4.69, 9.17) is 33.2 Å². The predicted molar refractivity (Wildman–Crippen MR) is 107 cm³/mol. The maximum Gasteiger partial charge on any atom is 0.332 e. The van der Waals surface area contributed by atoms with E-state index in [0.29, 0.717) is 32.7 Å².